The minimum atomic E-state index is -0.830. The molecule has 8 heteroatoms. The summed E-state index contributed by atoms with van der Waals surface area (Å²) in [5.74, 6) is -0.857. The van der Waals surface area contributed by atoms with Crippen molar-refractivity contribution < 1.29 is 9.53 Å². The highest BCUT2D eigenvalue weighted by atomic mass is 35.5. The molecule has 0 fully saturated rings. The Bertz CT molecular complexity index is 667. The van der Waals surface area contributed by atoms with Crippen LogP contribution in [0.2, 0.25) is 25.2 Å². The van der Waals surface area contributed by atoms with Gasteiger partial charge in [-0.3, -0.25) is 0 Å². The summed E-state index contributed by atoms with van der Waals surface area (Å²) in [5.41, 5.74) is -0.138. The summed E-state index contributed by atoms with van der Waals surface area (Å²) in [6.45, 7) is 0. The third kappa shape index (κ3) is 3.48. The molecule has 3 nitrogen and oxygen atoms in total. The molecule has 2 rings (SSSR count). The molecule has 0 bridgehead atoms. The highest BCUT2D eigenvalue weighted by Crippen LogP contribution is 2.36. The predicted octanol–water partition coefficient (Wildman–Crippen LogP) is 5.57. The van der Waals surface area contributed by atoms with Gasteiger partial charge in [0, 0.05) is 5.02 Å². The monoisotopic (exact) mass is 369 g/mol. The maximum absolute atomic E-state index is 12.0. The summed E-state index contributed by atoms with van der Waals surface area (Å²) in [5, 5.41) is 0.706. The van der Waals surface area contributed by atoms with Gasteiger partial charge in [0.25, 0.3) is 0 Å². The molecule has 0 aliphatic carbocycles. The molecule has 0 amide bonds. The average molecular weight is 371 g/mol. The molecule has 104 valence electrons. The molecule has 1 aromatic heterocycles. The van der Waals surface area contributed by atoms with Gasteiger partial charge < -0.3 is 4.74 Å². The Kier molecular flexibility index (Phi) is 4.99. The minimum absolute atomic E-state index is 0.0272. The Labute approximate surface area is 139 Å². The van der Waals surface area contributed by atoms with E-state index in [1.54, 1.807) is 0 Å². The number of hydrogen-bond acceptors (Lipinski definition) is 3. The Morgan fingerprint density at radius 3 is 2.15 bits per heavy atom. The van der Waals surface area contributed by atoms with Crippen molar-refractivity contribution >= 4 is 64.0 Å². The molecule has 1 aromatic carbocycles. The van der Waals surface area contributed by atoms with Gasteiger partial charge in [0.05, 0.1) is 15.1 Å². The lowest BCUT2D eigenvalue weighted by atomic mass is 10.3. The van der Waals surface area contributed by atoms with E-state index in [9.17, 15) is 4.79 Å². The number of nitrogens with zero attached hydrogens (tertiary/aromatic N) is 1. The van der Waals surface area contributed by atoms with E-state index in [0.717, 1.165) is 0 Å². The van der Waals surface area contributed by atoms with Crippen LogP contribution in [0.1, 0.15) is 10.5 Å². The fourth-order valence-corrected chi connectivity index (χ4v) is 2.55. The van der Waals surface area contributed by atoms with Gasteiger partial charge in [-0.1, -0.05) is 58.0 Å². The van der Waals surface area contributed by atoms with Crippen molar-refractivity contribution in [3.05, 3.63) is 55.2 Å². The van der Waals surface area contributed by atoms with Crippen molar-refractivity contribution in [1.82, 2.24) is 4.98 Å². The second-order valence-corrected chi connectivity index (χ2v) is 5.60. The molecule has 0 atom stereocenters. The fraction of sp³-hybridized carbons (Fsp3) is 0. The molecule has 0 saturated carbocycles. The van der Waals surface area contributed by atoms with E-state index in [1.807, 2.05) is 0 Å². The highest BCUT2D eigenvalue weighted by Gasteiger charge is 2.19. The molecule has 20 heavy (non-hydrogen) atoms. The maximum atomic E-state index is 12.0. The first-order chi connectivity index (χ1) is 9.38. The molecule has 0 saturated heterocycles. The lowest BCUT2D eigenvalue weighted by Gasteiger charge is -2.09. The molecule has 0 spiro atoms. The quantitative estimate of drug-likeness (QED) is 0.394. The van der Waals surface area contributed by atoms with Crippen LogP contribution < -0.4 is 4.74 Å². The Balaban J connectivity index is 2.35. The predicted molar refractivity (Wildman–Crippen MR) is 80.7 cm³/mol. The van der Waals surface area contributed by atoms with Crippen molar-refractivity contribution in [2.24, 2.45) is 0 Å². The van der Waals surface area contributed by atoms with E-state index in [1.165, 1.54) is 24.3 Å². The lowest BCUT2D eigenvalue weighted by molar-refractivity contribution is 0.0729. The van der Waals surface area contributed by atoms with Crippen LogP contribution in [-0.4, -0.2) is 11.0 Å². The summed E-state index contributed by atoms with van der Waals surface area (Å²) < 4.78 is 5.09. The summed E-state index contributed by atoms with van der Waals surface area (Å²) in [4.78, 5) is 15.8. The van der Waals surface area contributed by atoms with Gasteiger partial charge >= 0.3 is 5.97 Å². The normalized spacial score (nSPS) is 10.4. The fourth-order valence-electron chi connectivity index (χ4n) is 1.33. The molecule has 0 aliphatic rings. The van der Waals surface area contributed by atoms with Gasteiger partial charge in [0.2, 0.25) is 0 Å². The molecule has 0 aliphatic heterocycles. The third-order valence-corrected chi connectivity index (χ3v) is 3.46. The molecule has 0 N–H and O–H groups in total. The van der Waals surface area contributed by atoms with Crippen LogP contribution in [0.4, 0.5) is 0 Å². The first-order valence-corrected chi connectivity index (χ1v) is 6.96. The van der Waals surface area contributed by atoms with E-state index in [0.29, 0.717) is 5.02 Å². The number of carbonyl (C=O) groups excluding carboxylic acids is 1. The first kappa shape index (κ1) is 15.7. The van der Waals surface area contributed by atoms with Crippen LogP contribution in [0.5, 0.6) is 5.75 Å². The number of carbonyl (C=O) groups is 1. The van der Waals surface area contributed by atoms with Gasteiger partial charge in [-0.05, 0) is 24.3 Å². The van der Waals surface area contributed by atoms with Crippen molar-refractivity contribution in [1.29, 1.82) is 0 Å². The van der Waals surface area contributed by atoms with E-state index in [-0.39, 0.29) is 31.7 Å². The van der Waals surface area contributed by atoms with E-state index in [2.05, 4.69) is 4.98 Å². The third-order valence-electron chi connectivity index (χ3n) is 2.16. The van der Waals surface area contributed by atoms with Crippen molar-refractivity contribution in [3.8, 4) is 5.75 Å². The second-order valence-electron chi connectivity index (χ2n) is 3.55. The van der Waals surface area contributed by atoms with Gasteiger partial charge in [-0.25, -0.2) is 9.78 Å². The van der Waals surface area contributed by atoms with E-state index >= 15 is 0 Å². The number of ether oxygens (including phenoxy) is 1. The van der Waals surface area contributed by atoms with Crippen LogP contribution in [0.25, 0.3) is 0 Å². The maximum Gasteiger partial charge on any atom is 0.364 e. The number of esters is 1. The molecule has 0 unspecified atom stereocenters. The van der Waals surface area contributed by atoms with Crippen LogP contribution in [0.15, 0.2) is 24.3 Å². The summed E-state index contributed by atoms with van der Waals surface area (Å²) >= 11 is 29.1. The van der Waals surface area contributed by atoms with Crippen molar-refractivity contribution in [2.75, 3.05) is 0 Å². The summed E-state index contributed by atoms with van der Waals surface area (Å²) in [6.07, 6.45) is 0. The number of hydrogen-bond donors (Lipinski definition) is 0. The zero-order chi connectivity index (χ0) is 14.9. The van der Waals surface area contributed by atoms with Crippen LogP contribution in [0, 0.1) is 0 Å². The Morgan fingerprint density at radius 2 is 1.55 bits per heavy atom. The zero-order valence-electron chi connectivity index (χ0n) is 9.46. The number of halogens is 5. The minimum Gasteiger partial charge on any atom is -0.419 e. The van der Waals surface area contributed by atoms with Gasteiger partial charge in [-0.2, -0.15) is 0 Å². The average Bonchev–Trinajstić information content (AvgIpc) is 2.36. The van der Waals surface area contributed by atoms with E-state index < -0.39 is 5.97 Å². The number of pyridine rings is 1. The van der Waals surface area contributed by atoms with Crippen LogP contribution in [-0.2, 0) is 0 Å². The van der Waals surface area contributed by atoms with Gasteiger partial charge in [-0.15, -0.1) is 0 Å². The Hall–Kier alpha value is -0.710. The molecule has 2 aromatic rings. The highest BCUT2D eigenvalue weighted by molar-refractivity contribution is 6.40. The molecular formula is C12H4Cl5NO2. The number of benzene rings is 1. The number of aromatic nitrogens is 1. The van der Waals surface area contributed by atoms with Gasteiger partial charge in [0.15, 0.2) is 11.4 Å². The van der Waals surface area contributed by atoms with Gasteiger partial charge in [0.1, 0.15) is 5.15 Å². The van der Waals surface area contributed by atoms with Crippen molar-refractivity contribution in [3.63, 3.8) is 0 Å². The zero-order valence-corrected chi connectivity index (χ0v) is 13.2. The lowest BCUT2D eigenvalue weighted by Crippen LogP contribution is -2.12. The molecular weight excluding hydrogens is 367 g/mol. The largest absolute Gasteiger partial charge is 0.419 e. The SMILES string of the molecule is O=C(Oc1c(Cl)cc(Cl)cc1Cl)c1nc(Cl)ccc1Cl. The Morgan fingerprint density at radius 1 is 0.950 bits per heavy atom. The number of rotatable bonds is 2. The topological polar surface area (TPSA) is 39.2 Å². The van der Waals surface area contributed by atoms with E-state index in [4.69, 9.17) is 62.7 Å². The smallest absolute Gasteiger partial charge is 0.364 e. The molecule has 1 heterocycles. The standard InChI is InChI=1S/C12H4Cl5NO2/c13-5-3-7(15)11(8(16)4-5)20-12(19)10-6(14)1-2-9(17)18-10/h1-4H. The summed E-state index contributed by atoms with van der Waals surface area (Å²) in [7, 11) is 0. The summed E-state index contributed by atoms with van der Waals surface area (Å²) in [6, 6.07) is 5.66. The van der Waals surface area contributed by atoms with Crippen molar-refractivity contribution in [2.45, 2.75) is 0 Å². The van der Waals surface area contributed by atoms with Crippen LogP contribution >= 0.6 is 58.0 Å². The molecule has 0 radical (unpaired) electrons. The van der Waals surface area contributed by atoms with Crippen LogP contribution in [0.3, 0.4) is 0 Å². The first-order valence-electron chi connectivity index (χ1n) is 5.07. The second kappa shape index (κ2) is 6.37.